The predicted molar refractivity (Wildman–Crippen MR) is 80.8 cm³/mol. The quantitative estimate of drug-likeness (QED) is 0.820. The van der Waals surface area contributed by atoms with Crippen molar-refractivity contribution in [2.24, 2.45) is 5.92 Å². The Morgan fingerprint density at radius 2 is 2.11 bits per heavy atom. The Morgan fingerprint density at radius 3 is 2.63 bits per heavy atom. The van der Waals surface area contributed by atoms with Gasteiger partial charge in [-0.15, -0.1) is 0 Å². The summed E-state index contributed by atoms with van der Waals surface area (Å²) in [5.41, 5.74) is 0. The standard InChI is InChI=1S/C15H26N4/c1-5-13-17-14(16-4)10-15(18-13)19(12-6-7-12)9-8-11(2)3/h10-12H,5-9H2,1-4H3,(H,16,17,18). The molecule has 0 bridgehead atoms. The van der Waals surface area contributed by atoms with E-state index in [1.807, 2.05) is 7.05 Å². The molecule has 1 aromatic rings. The number of aryl methyl sites for hydroxylation is 1. The smallest absolute Gasteiger partial charge is 0.134 e. The first-order chi connectivity index (χ1) is 9.13. The first-order valence-electron chi connectivity index (χ1n) is 7.46. The van der Waals surface area contributed by atoms with E-state index in [0.29, 0.717) is 6.04 Å². The van der Waals surface area contributed by atoms with E-state index in [2.05, 4.69) is 42.0 Å². The zero-order valence-electron chi connectivity index (χ0n) is 12.6. The van der Waals surface area contributed by atoms with Gasteiger partial charge in [0.2, 0.25) is 0 Å². The average Bonchev–Trinajstić information content (AvgIpc) is 3.22. The molecule has 0 atom stereocenters. The highest BCUT2D eigenvalue weighted by molar-refractivity contribution is 5.50. The van der Waals surface area contributed by atoms with Crippen molar-refractivity contribution in [2.75, 3.05) is 23.8 Å². The van der Waals surface area contributed by atoms with Crippen LogP contribution in [0.4, 0.5) is 11.6 Å². The molecule has 0 amide bonds. The molecule has 1 aromatic heterocycles. The molecule has 4 heteroatoms. The van der Waals surface area contributed by atoms with Gasteiger partial charge in [0.1, 0.15) is 17.5 Å². The second kappa shape index (κ2) is 6.22. The van der Waals surface area contributed by atoms with E-state index >= 15 is 0 Å². The molecule has 4 nitrogen and oxygen atoms in total. The van der Waals surface area contributed by atoms with Gasteiger partial charge >= 0.3 is 0 Å². The molecule has 106 valence electrons. The molecule has 1 fully saturated rings. The van der Waals surface area contributed by atoms with Gasteiger partial charge in [-0.3, -0.25) is 0 Å². The molecule has 1 saturated carbocycles. The highest BCUT2D eigenvalue weighted by Crippen LogP contribution is 2.32. The second-order valence-electron chi connectivity index (χ2n) is 5.74. The van der Waals surface area contributed by atoms with E-state index in [0.717, 1.165) is 36.3 Å². The minimum atomic E-state index is 0.697. The Kier molecular flexibility index (Phi) is 4.61. The number of hydrogen-bond acceptors (Lipinski definition) is 4. The van der Waals surface area contributed by atoms with Gasteiger partial charge in [0.25, 0.3) is 0 Å². The third-order valence-corrected chi connectivity index (χ3v) is 3.56. The minimum absolute atomic E-state index is 0.697. The van der Waals surface area contributed by atoms with E-state index in [4.69, 9.17) is 4.98 Å². The zero-order valence-corrected chi connectivity index (χ0v) is 12.6. The predicted octanol–water partition coefficient (Wildman–Crippen LogP) is 3.10. The van der Waals surface area contributed by atoms with Crippen LogP contribution in [0.25, 0.3) is 0 Å². The summed E-state index contributed by atoms with van der Waals surface area (Å²) in [4.78, 5) is 11.7. The monoisotopic (exact) mass is 262 g/mol. The molecule has 0 spiro atoms. The lowest BCUT2D eigenvalue weighted by Gasteiger charge is -2.25. The summed E-state index contributed by atoms with van der Waals surface area (Å²) >= 11 is 0. The molecule has 1 heterocycles. The number of nitrogens with zero attached hydrogens (tertiary/aromatic N) is 3. The van der Waals surface area contributed by atoms with Gasteiger partial charge in [-0.1, -0.05) is 20.8 Å². The van der Waals surface area contributed by atoms with Crippen molar-refractivity contribution < 1.29 is 0 Å². The Morgan fingerprint density at radius 1 is 1.37 bits per heavy atom. The van der Waals surface area contributed by atoms with Crippen LogP contribution in [0.2, 0.25) is 0 Å². The lowest BCUT2D eigenvalue weighted by molar-refractivity contribution is 0.568. The van der Waals surface area contributed by atoms with Crippen LogP contribution in [0.1, 0.15) is 45.9 Å². The Labute approximate surface area is 116 Å². The molecule has 0 saturated heterocycles. The van der Waals surface area contributed by atoms with Crippen LogP contribution in [-0.4, -0.2) is 29.6 Å². The van der Waals surface area contributed by atoms with Gasteiger partial charge in [-0.2, -0.15) is 0 Å². The summed E-state index contributed by atoms with van der Waals surface area (Å²) in [7, 11) is 1.92. The lowest BCUT2D eigenvalue weighted by atomic mass is 10.1. The van der Waals surface area contributed by atoms with Gasteiger partial charge in [-0.25, -0.2) is 9.97 Å². The van der Waals surface area contributed by atoms with Crippen molar-refractivity contribution in [1.82, 2.24) is 9.97 Å². The van der Waals surface area contributed by atoms with E-state index in [1.165, 1.54) is 19.3 Å². The molecular formula is C15H26N4. The normalized spacial score (nSPS) is 14.8. The fourth-order valence-electron chi connectivity index (χ4n) is 2.18. The van der Waals surface area contributed by atoms with E-state index in [-0.39, 0.29) is 0 Å². The van der Waals surface area contributed by atoms with Crippen molar-refractivity contribution in [3.05, 3.63) is 11.9 Å². The SMILES string of the molecule is CCc1nc(NC)cc(N(CCC(C)C)C2CC2)n1. The highest BCUT2D eigenvalue weighted by Gasteiger charge is 2.30. The van der Waals surface area contributed by atoms with Crippen LogP contribution < -0.4 is 10.2 Å². The highest BCUT2D eigenvalue weighted by atomic mass is 15.2. The largest absolute Gasteiger partial charge is 0.373 e. The second-order valence-corrected chi connectivity index (χ2v) is 5.74. The van der Waals surface area contributed by atoms with Crippen LogP contribution in [0.5, 0.6) is 0 Å². The third-order valence-electron chi connectivity index (χ3n) is 3.56. The number of anilines is 2. The van der Waals surface area contributed by atoms with Crippen LogP contribution in [-0.2, 0) is 6.42 Å². The maximum atomic E-state index is 4.71. The number of aromatic nitrogens is 2. The fraction of sp³-hybridized carbons (Fsp3) is 0.733. The van der Waals surface area contributed by atoms with Gasteiger partial charge in [0, 0.05) is 32.1 Å². The summed E-state index contributed by atoms with van der Waals surface area (Å²) in [6.07, 6.45) is 4.71. The number of rotatable bonds is 7. The number of nitrogens with one attached hydrogen (secondary N) is 1. The molecule has 1 N–H and O–H groups in total. The molecule has 1 aliphatic rings. The molecule has 0 unspecified atom stereocenters. The topological polar surface area (TPSA) is 41.1 Å². The van der Waals surface area contributed by atoms with Crippen LogP contribution in [0.3, 0.4) is 0 Å². The fourth-order valence-corrected chi connectivity index (χ4v) is 2.18. The van der Waals surface area contributed by atoms with Crippen molar-refractivity contribution in [1.29, 1.82) is 0 Å². The van der Waals surface area contributed by atoms with Crippen molar-refractivity contribution >= 4 is 11.6 Å². The molecule has 2 rings (SSSR count). The van der Waals surface area contributed by atoms with E-state index in [1.54, 1.807) is 0 Å². The summed E-state index contributed by atoms with van der Waals surface area (Å²) in [6, 6.07) is 2.78. The summed E-state index contributed by atoms with van der Waals surface area (Å²) in [5, 5.41) is 3.14. The van der Waals surface area contributed by atoms with Crippen molar-refractivity contribution in [2.45, 2.75) is 52.5 Å². The molecule has 1 aliphatic carbocycles. The van der Waals surface area contributed by atoms with Crippen molar-refractivity contribution in [3.8, 4) is 0 Å². The molecular weight excluding hydrogens is 236 g/mol. The minimum Gasteiger partial charge on any atom is -0.373 e. The maximum Gasteiger partial charge on any atom is 0.134 e. The molecule has 0 aliphatic heterocycles. The Bertz CT molecular complexity index is 390. The summed E-state index contributed by atoms with van der Waals surface area (Å²) in [5.74, 6) is 3.69. The first kappa shape index (κ1) is 14.1. The summed E-state index contributed by atoms with van der Waals surface area (Å²) in [6.45, 7) is 7.77. The molecule has 19 heavy (non-hydrogen) atoms. The third kappa shape index (κ3) is 3.82. The Hall–Kier alpha value is -1.32. The Balaban J connectivity index is 2.19. The van der Waals surface area contributed by atoms with Crippen LogP contribution >= 0.6 is 0 Å². The van der Waals surface area contributed by atoms with E-state index in [9.17, 15) is 0 Å². The lowest BCUT2D eigenvalue weighted by Crippen LogP contribution is -2.29. The summed E-state index contributed by atoms with van der Waals surface area (Å²) < 4.78 is 0. The van der Waals surface area contributed by atoms with Gasteiger partial charge in [-0.05, 0) is 25.2 Å². The average molecular weight is 262 g/mol. The maximum absolute atomic E-state index is 4.71. The van der Waals surface area contributed by atoms with Gasteiger partial charge in [0.05, 0.1) is 0 Å². The number of hydrogen-bond donors (Lipinski definition) is 1. The molecule has 0 aromatic carbocycles. The van der Waals surface area contributed by atoms with Gasteiger partial charge in [0.15, 0.2) is 0 Å². The van der Waals surface area contributed by atoms with Crippen LogP contribution in [0.15, 0.2) is 6.07 Å². The zero-order chi connectivity index (χ0) is 13.8. The molecule has 0 radical (unpaired) electrons. The van der Waals surface area contributed by atoms with E-state index < -0.39 is 0 Å². The van der Waals surface area contributed by atoms with Crippen LogP contribution in [0, 0.1) is 5.92 Å². The van der Waals surface area contributed by atoms with Gasteiger partial charge < -0.3 is 10.2 Å². The first-order valence-corrected chi connectivity index (χ1v) is 7.46. The van der Waals surface area contributed by atoms with Crippen molar-refractivity contribution in [3.63, 3.8) is 0 Å².